The lowest BCUT2D eigenvalue weighted by molar-refractivity contribution is 0.0682. The third kappa shape index (κ3) is 2.14. The van der Waals surface area contributed by atoms with Crippen molar-refractivity contribution in [2.24, 2.45) is 0 Å². The minimum Gasteiger partial charge on any atom is -0.465 e. The van der Waals surface area contributed by atoms with Crippen LogP contribution in [-0.2, 0) is 0 Å². The maximum atomic E-state index is 11.0. The van der Waals surface area contributed by atoms with Crippen LogP contribution in [0.2, 0.25) is 0 Å². The Hall–Kier alpha value is -0.730. The van der Waals surface area contributed by atoms with Crippen molar-refractivity contribution in [2.45, 2.75) is 58.0 Å². The van der Waals surface area contributed by atoms with Crippen molar-refractivity contribution >= 4 is 6.09 Å². The number of hydrogen-bond donors (Lipinski definition) is 1. The van der Waals surface area contributed by atoms with E-state index in [4.69, 9.17) is 5.11 Å². The van der Waals surface area contributed by atoms with Crippen LogP contribution in [0.25, 0.3) is 0 Å². The zero-order chi connectivity index (χ0) is 9.84. The topological polar surface area (TPSA) is 40.5 Å². The lowest BCUT2D eigenvalue weighted by atomic mass is 9.93. The van der Waals surface area contributed by atoms with Crippen LogP contribution in [0, 0.1) is 0 Å². The van der Waals surface area contributed by atoms with Gasteiger partial charge < -0.3 is 10.0 Å². The van der Waals surface area contributed by atoms with Crippen molar-refractivity contribution in [3.05, 3.63) is 0 Å². The fourth-order valence-corrected chi connectivity index (χ4v) is 2.28. The predicted molar refractivity (Wildman–Crippen MR) is 51.9 cm³/mol. The Morgan fingerprint density at radius 1 is 1.31 bits per heavy atom. The van der Waals surface area contributed by atoms with E-state index in [-0.39, 0.29) is 12.1 Å². The Kier molecular flexibility index (Phi) is 3.58. The Bertz CT molecular complexity index is 170. The number of amides is 1. The first-order valence-corrected chi connectivity index (χ1v) is 5.21. The molecule has 13 heavy (non-hydrogen) atoms. The third-order valence-corrected chi connectivity index (χ3v) is 3.02. The van der Waals surface area contributed by atoms with Crippen molar-refractivity contribution < 1.29 is 9.90 Å². The van der Waals surface area contributed by atoms with Crippen LogP contribution >= 0.6 is 0 Å². The molecule has 76 valence electrons. The van der Waals surface area contributed by atoms with Gasteiger partial charge in [-0.1, -0.05) is 13.8 Å². The highest BCUT2D eigenvalue weighted by Gasteiger charge is 2.31. The molecule has 1 aliphatic rings. The standard InChI is InChI=1S/C10H19NO2/c1-3-8-6-5-7-9(4-2)11(8)10(12)13/h8-9H,3-7H2,1-2H3,(H,12,13). The molecule has 1 amide bonds. The zero-order valence-corrected chi connectivity index (χ0v) is 8.49. The number of rotatable bonds is 2. The summed E-state index contributed by atoms with van der Waals surface area (Å²) in [5, 5.41) is 9.07. The highest BCUT2D eigenvalue weighted by atomic mass is 16.4. The van der Waals surface area contributed by atoms with E-state index in [2.05, 4.69) is 13.8 Å². The maximum Gasteiger partial charge on any atom is 0.407 e. The Morgan fingerprint density at radius 3 is 2.08 bits per heavy atom. The summed E-state index contributed by atoms with van der Waals surface area (Å²) >= 11 is 0. The van der Waals surface area contributed by atoms with Gasteiger partial charge in [0.2, 0.25) is 0 Å². The van der Waals surface area contributed by atoms with Crippen molar-refractivity contribution in [3.63, 3.8) is 0 Å². The number of carboxylic acid groups (broad SMARTS) is 1. The van der Waals surface area contributed by atoms with Gasteiger partial charge in [0.25, 0.3) is 0 Å². The van der Waals surface area contributed by atoms with E-state index in [1.807, 2.05) is 0 Å². The van der Waals surface area contributed by atoms with Crippen molar-refractivity contribution in [2.75, 3.05) is 0 Å². The number of hydrogen-bond acceptors (Lipinski definition) is 1. The molecule has 0 bridgehead atoms. The zero-order valence-electron chi connectivity index (χ0n) is 8.49. The van der Waals surface area contributed by atoms with E-state index in [1.54, 1.807) is 4.90 Å². The van der Waals surface area contributed by atoms with Gasteiger partial charge in [-0.25, -0.2) is 4.79 Å². The van der Waals surface area contributed by atoms with Gasteiger partial charge in [-0.05, 0) is 32.1 Å². The van der Waals surface area contributed by atoms with Crippen LogP contribution in [0.1, 0.15) is 46.0 Å². The fourth-order valence-electron chi connectivity index (χ4n) is 2.28. The molecular formula is C10H19NO2. The Balaban J connectivity index is 2.69. The van der Waals surface area contributed by atoms with Crippen molar-refractivity contribution in [1.82, 2.24) is 4.90 Å². The summed E-state index contributed by atoms with van der Waals surface area (Å²) in [5.74, 6) is 0. The summed E-state index contributed by atoms with van der Waals surface area (Å²) in [6.07, 6.45) is 4.42. The Morgan fingerprint density at radius 2 is 1.77 bits per heavy atom. The molecule has 3 nitrogen and oxygen atoms in total. The van der Waals surface area contributed by atoms with Gasteiger partial charge >= 0.3 is 6.09 Å². The SMILES string of the molecule is CCC1CCCC(CC)N1C(=O)O. The maximum absolute atomic E-state index is 11.0. The average molecular weight is 185 g/mol. The molecule has 1 rings (SSSR count). The molecule has 2 atom stereocenters. The van der Waals surface area contributed by atoms with Gasteiger partial charge in [-0.15, -0.1) is 0 Å². The second-order valence-corrected chi connectivity index (χ2v) is 3.74. The van der Waals surface area contributed by atoms with Gasteiger partial charge in [0, 0.05) is 12.1 Å². The molecule has 2 unspecified atom stereocenters. The monoisotopic (exact) mass is 185 g/mol. The molecule has 0 aromatic carbocycles. The normalized spacial score (nSPS) is 28.9. The smallest absolute Gasteiger partial charge is 0.407 e. The average Bonchev–Trinajstić information content (AvgIpc) is 2.16. The second-order valence-electron chi connectivity index (χ2n) is 3.74. The lowest BCUT2D eigenvalue weighted by Crippen LogP contribution is -2.48. The van der Waals surface area contributed by atoms with Crippen LogP contribution in [0.4, 0.5) is 4.79 Å². The van der Waals surface area contributed by atoms with E-state index >= 15 is 0 Å². The van der Waals surface area contributed by atoms with Crippen molar-refractivity contribution in [1.29, 1.82) is 0 Å². The molecule has 0 spiro atoms. The highest BCUT2D eigenvalue weighted by molar-refractivity contribution is 5.66. The first-order chi connectivity index (χ1) is 6.20. The number of nitrogens with zero attached hydrogens (tertiary/aromatic N) is 1. The predicted octanol–water partition coefficient (Wildman–Crippen LogP) is 2.71. The molecule has 0 aromatic heterocycles. The largest absolute Gasteiger partial charge is 0.465 e. The molecule has 1 saturated heterocycles. The molecule has 3 heteroatoms. The number of carbonyl (C=O) groups is 1. The summed E-state index contributed by atoms with van der Waals surface area (Å²) in [5.41, 5.74) is 0. The van der Waals surface area contributed by atoms with Gasteiger partial charge in [0.1, 0.15) is 0 Å². The summed E-state index contributed by atoms with van der Waals surface area (Å²) in [7, 11) is 0. The van der Waals surface area contributed by atoms with Gasteiger partial charge in [-0.3, -0.25) is 0 Å². The van der Waals surface area contributed by atoms with E-state index in [9.17, 15) is 4.79 Å². The van der Waals surface area contributed by atoms with Crippen LogP contribution in [0.3, 0.4) is 0 Å². The molecule has 1 N–H and O–H groups in total. The quantitative estimate of drug-likeness (QED) is 0.718. The first kappa shape index (κ1) is 10.4. The second kappa shape index (κ2) is 4.49. The molecule has 1 heterocycles. The summed E-state index contributed by atoms with van der Waals surface area (Å²) < 4.78 is 0. The molecule has 0 saturated carbocycles. The number of likely N-dealkylation sites (tertiary alicyclic amines) is 1. The van der Waals surface area contributed by atoms with Gasteiger partial charge in [-0.2, -0.15) is 0 Å². The molecular weight excluding hydrogens is 166 g/mol. The molecule has 0 radical (unpaired) electrons. The van der Waals surface area contributed by atoms with E-state index in [0.29, 0.717) is 0 Å². The minimum atomic E-state index is -0.738. The van der Waals surface area contributed by atoms with E-state index in [1.165, 1.54) is 6.42 Å². The van der Waals surface area contributed by atoms with E-state index < -0.39 is 6.09 Å². The van der Waals surface area contributed by atoms with Crippen LogP contribution < -0.4 is 0 Å². The van der Waals surface area contributed by atoms with Gasteiger partial charge in [0.15, 0.2) is 0 Å². The van der Waals surface area contributed by atoms with E-state index in [0.717, 1.165) is 25.7 Å². The van der Waals surface area contributed by atoms with Crippen molar-refractivity contribution in [3.8, 4) is 0 Å². The third-order valence-electron chi connectivity index (χ3n) is 3.02. The summed E-state index contributed by atoms with van der Waals surface area (Å²) in [4.78, 5) is 12.7. The number of piperidine rings is 1. The summed E-state index contributed by atoms with van der Waals surface area (Å²) in [6.45, 7) is 4.14. The molecule has 1 aliphatic heterocycles. The van der Waals surface area contributed by atoms with Crippen LogP contribution in [0.5, 0.6) is 0 Å². The molecule has 0 aliphatic carbocycles. The van der Waals surface area contributed by atoms with Gasteiger partial charge in [0.05, 0.1) is 0 Å². The molecule has 0 aromatic rings. The fraction of sp³-hybridized carbons (Fsp3) is 0.900. The van der Waals surface area contributed by atoms with Crippen LogP contribution in [0.15, 0.2) is 0 Å². The highest BCUT2D eigenvalue weighted by Crippen LogP contribution is 2.26. The molecule has 1 fully saturated rings. The first-order valence-electron chi connectivity index (χ1n) is 5.21. The summed E-state index contributed by atoms with van der Waals surface area (Å²) in [6, 6.07) is 0.521. The lowest BCUT2D eigenvalue weighted by Gasteiger charge is -2.39. The minimum absolute atomic E-state index is 0.260. The van der Waals surface area contributed by atoms with Crippen LogP contribution in [-0.4, -0.2) is 28.2 Å². The Labute approximate surface area is 79.7 Å².